The lowest BCUT2D eigenvalue weighted by atomic mass is 9.97. The van der Waals surface area contributed by atoms with Crippen LogP contribution in [0.15, 0.2) is 54.9 Å². The zero-order valence-corrected chi connectivity index (χ0v) is 19.2. The Balaban J connectivity index is 1.44. The molecule has 34 heavy (non-hydrogen) atoms. The number of esters is 1. The van der Waals surface area contributed by atoms with Crippen molar-refractivity contribution in [2.24, 2.45) is 0 Å². The first-order valence-electron chi connectivity index (χ1n) is 11.3. The number of hydrogen-bond acceptors (Lipinski definition) is 7. The van der Waals surface area contributed by atoms with Crippen LogP contribution >= 0.6 is 0 Å². The first kappa shape index (κ1) is 22.0. The lowest BCUT2D eigenvalue weighted by molar-refractivity contribution is -0.131. The largest absolute Gasteiger partial charge is 0.427 e. The van der Waals surface area contributed by atoms with Crippen LogP contribution in [-0.2, 0) is 10.2 Å². The normalized spacial score (nSPS) is 15.2. The van der Waals surface area contributed by atoms with Crippen LogP contribution in [0.25, 0.3) is 11.1 Å². The van der Waals surface area contributed by atoms with Gasteiger partial charge in [-0.05, 0) is 48.2 Å². The molecule has 1 amide bonds. The molecular weight excluding hydrogens is 432 g/mol. The molecule has 1 aromatic heterocycles. The number of ether oxygens (including phenoxy) is 1. The predicted molar refractivity (Wildman–Crippen MR) is 127 cm³/mol. The summed E-state index contributed by atoms with van der Waals surface area (Å²) in [5.41, 5.74) is 4.55. The van der Waals surface area contributed by atoms with Crippen LogP contribution < -0.4 is 9.64 Å². The number of aromatic nitrogens is 2. The smallest absolute Gasteiger partial charge is 0.308 e. The van der Waals surface area contributed by atoms with Crippen molar-refractivity contribution in [1.82, 2.24) is 14.9 Å². The molecule has 2 heterocycles. The van der Waals surface area contributed by atoms with E-state index in [0.717, 1.165) is 36.2 Å². The molecule has 3 aromatic rings. The molecule has 2 aliphatic rings. The summed E-state index contributed by atoms with van der Waals surface area (Å²) in [4.78, 5) is 36.9. The molecule has 0 unspecified atom stereocenters. The van der Waals surface area contributed by atoms with E-state index in [2.05, 4.69) is 20.9 Å². The van der Waals surface area contributed by atoms with Gasteiger partial charge in [0, 0.05) is 61.7 Å². The first-order valence-corrected chi connectivity index (χ1v) is 11.3. The van der Waals surface area contributed by atoms with Gasteiger partial charge in [-0.25, -0.2) is 9.97 Å². The van der Waals surface area contributed by atoms with Crippen molar-refractivity contribution < 1.29 is 19.4 Å². The minimum absolute atomic E-state index is 0.0770. The van der Waals surface area contributed by atoms with Crippen molar-refractivity contribution in [2.75, 3.05) is 31.6 Å². The average molecular weight is 459 g/mol. The summed E-state index contributed by atoms with van der Waals surface area (Å²) in [7, 11) is 1.68. The quantitative estimate of drug-likeness (QED) is 0.447. The molecular formula is C26H26N4O4. The van der Waals surface area contributed by atoms with Crippen molar-refractivity contribution in [3.05, 3.63) is 66.0 Å². The number of fused-ring (bicyclic) bond motifs is 2. The van der Waals surface area contributed by atoms with Gasteiger partial charge in [-0.3, -0.25) is 9.59 Å². The third-order valence-corrected chi connectivity index (χ3v) is 6.51. The van der Waals surface area contributed by atoms with Gasteiger partial charge in [0.15, 0.2) is 0 Å². The van der Waals surface area contributed by atoms with Crippen molar-refractivity contribution in [1.29, 1.82) is 0 Å². The number of likely N-dealkylation sites (N-methyl/N-ethyl adjacent to an activating group) is 1. The van der Waals surface area contributed by atoms with Crippen molar-refractivity contribution in [3.8, 4) is 16.9 Å². The Hall–Kier alpha value is -3.78. The maximum absolute atomic E-state index is 12.8. The number of aliphatic hydroxyl groups is 1. The number of nitrogens with zero attached hydrogens (tertiary/aromatic N) is 4. The monoisotopic (exact) mass is 458 g/mol. The third-order valence-electron chi connectivity index (χ3n) is 6.51. The second-order valence-corrected chi connectivity index (χ2v) is 8.94. The topological polar surface area (TPSA) is 95.9 Å². The molecule has 0 bridgehead atoms. The molecule has 8 heteroatoms. The van der Waals surface area contributed by atoms with Gasteiger partial charge in [-0.2, -0.15) is 0 Å². The number of hydrogen-bond donors (Lipinski definition) is 1. The fourth-order valence-corrected chi connectivity index (χ4v) is 4.55. The molecule has 1 fully saturated rings. The van der Waals surface area contributed by atoms with E-state index < -0.39 is 0 Å². The molecule has 1 aliphatic heterocycles. The van der Waals surface area contributed by atoms with Gasteiger partial charge in [0.05, 0.1) is 6.61 Å². The minimum atomic E-state index is -0.370. The van der Waals surface area contributed by atoms with Gasteiger partial charge in [0.1, 0.15) is 5.75 Å². The summed E-state index contributed by atoms with van der Waals surface area (Å²) < 4.78 is 5.18. The minimum Gasteiger partial charge on any atom is -0.427 e. The van der Waals surface area contributed by atoms with Crippen LogP contribution in [0.1, 0.15) is 35.7 Å². The Morgan fingerprint density at radius 2 is 1.88 bits per heavy atom. The molecule has 1 saturated carbocycles. The molecule has 2 aromatic carbocycles. The number of aliphatic hydroxyl groups excluding tert-OH is 1. The number of rotatable bonds is 6. The number of amides is 1. The fourth-order valence-electron chi connectivity index (χ4n) is 4.55. The van der Waals surface area contributed by atoms with E-state index in [1.807, 2.05) is 24.3 Å². The van der Waals surface area contributed by atoms with E-state index in [4.69, 9.17) is 4.74 Å². The highest BCUT2D eigenvalue weighted by Gasteiger charge is 2.52. The summed E-state index contributed by atoms with van der Waals surface area (Å²) in [5.74, 6) is 0.558. The molecule has 5 rings (SSSR count). The lowest BCUT2D eigenvalue weighted by Crippen LogP contribution is -2.29. The zero-order valence-electron chi connectivity index (χ0n) is 19.2. The Kier molecular flexibility index (Phi) is 5.53. The molecule has 1 N–H and O–H groups in total. The lowest BCUT2D eigenvalue weighted by Gasteiger charge is -2.20. The first-order chi connectivity index (χ1) is 16.4. The molecule has 0 saturated heterocycles. The summed E-state index contributed by atoms with van der Waals surface area (Å²) in [6.45, 7) is 2.36. The van der Waals surface area contributed by atoms with Gasteiger partial charge < -0.3 is 19.6 Å². The molecule has 1 aliphatic carbocycles. The number of carbonyl (C=O) groups is 2. The van der Waals surface area contributed by atoms with Gasteiger partial charge in [-0.1, -0.05) is 18.2 Å². The standard InChI is InChI=1S/C26H26N4O4/c1-17(32)34-21-5-3-4-18(12-21)20-14-27-25(28-15-20)30-16-26(8-9-26)22-7-6-19(13-23(22)30)24(33)29(2)10-11-31/h3-7,12-15,31H,8-11,16H2,1-2H3. The van der Waals surface area contributed by atoms with Crippen LogP contribution in [0, 0.1) is 0 Å². The number of benzene rings is 2. The Morgan fingerprint density at radius 1 is 1.12 bits per heavy atom. The van der Waals surface area contributed by atoms with Crippen LogP contribution in [0.4, 0.5) is 11.6 Å². The summed E-state index contributed by atoms with van der Waals surface area (Å²) in [6.07, 6.45) is 5.73. The second-order valence-electron chi connectivity index (χ2n) is 8.94. The molecule has 0 radical (unpaired) electrons. The van der Waals surface area contributed by atoms with Crippen LogP contribution in [0.2, 0.25) is 0 Å². The zero-order chi connectivity index (χ0) is 23.9. The maximum Gasteiger partial charge on any atom is 0.308 e. The average Bonchev–Trinajstić information content (AvgIpc) is 3.55. The third kappa shape index (κ3) is 4.01. The van der Waals surface area contributed by atoms with Gasteiger partial charge in [-0.15, -0.1) is 0 Å². The van der Waals surface area contributed by atoms with Crippen LogP contribution in [-0.4, -0.2) is 58.6 Å². The highest BCUT2D eigenvalue weighted by Crippen LogP contribution is 2.57. The highest BCUT2D eigenvalue weighted by molar-refractivity contribution is 5.96. The Labute approximate surface area is 197 Å². The number of anilines is 2. The van der Waals surface area contributed by atoms with Gasteiger partial charge in [0.2, 0.25) is 5.95 Å². The SMILES string of the molecule is CC(=O)Oc1cccc(-c2cnc(N3CC4(CC4)c4ccc(C(=O)N(C)CCO)cc43)nc2)c1. The van der Waals surface area contributed by atoms with E-state index in [9.17, 15) is 14.7 Å². The predicted octanol–water partition coefficient (Wildman–Crippen LogP) is 3.32. The van der Waals surface area contributed by atoms with Crippen LogP contribution in [0.5, 0.6) is 5.75 Å². The molecule has 0 atom stereocenters. The maximum atomic E-state index is 12.8. The number of carbonyl (C=O) groups excluding carboxylic acids is 2. The fraction of sp³-hybridized carbons (Fsp3) is 0.308. The van der Waals surface area contributed by atoms with Gasteiger partial charge in [0.25, 0.3) is 5.91 Å². The Bertz CT molecular complexity index is 1250. The van der Waals surface area contributed by atoms with E-state index in [1.165, 1.54) is 17.4 Å². The van der Waals surface area contributed by atoms with Crippen LogP contribution in [0.3, 0.4) is 0 Å². The Morgan fingerprint density at radius 3 is 2.56 bits per heavy atom. The second kappa shape index (κ2) is 8.53. The van der Waals surface area contributed by atoms with E-state index in [0.29, 0.717) is 17.3 Å². The molecule has 8 nitrogen and oxygen atoms in total. The van der Waals surface area contributed by atoms with Crippen molar-refractivity contribution in [2.45, 2.75) is 25.2 Å². The molecule has 174 valence electrons. The highest BCUT2D eigenvalue weighted by atomic mass is 16.5. The van der Waals surface area contributed by atoms with E-state index in [1.54, 1.807) is 31.6 Å². The summed E-state index contributed by atoms with van der Waals surface area (Å²) in [6, 6.07) is 13.1. The summed E-state index contributed by atoms with van der Waals surface area (Å²) >= 11 is 0. The molecule has 1 spiro atoms. The van der Waals surface area contributed by atoms with E-state index >= 15 is 0 Å². The summed E-state index contributed by atoms with van der Waals surface area (Å²) in [5, 5.41) is 9.17. The van der Waals surface area contributed by atoms with Crippen molar-refractivity contribution >= 4 is 23.5 Å². The van der Waals surface area contributed by atoms with Gasteiger partial charge >= 0.3 is 5.97 Å². The van der Waals surface area contributed by atoms with E-state index in [-0.39, 0.29) is 30.4 Å². The van der Waals surface area contributed by atoms with Crippen molar-refractivity contribution in [3.63, 3.8) is 0 Å².